The molecule has 0 saturated heterocycles. The molecule has 0 spiro atoms. The molecular formula is C10H20O4. The summed E-state index contributed by atoms with van der Waals surface area (Å²) in [4.78, 5) is 10.6. The Morgan fingerprint density at radius 3 is 2.29 bits per heavy atom. The third kappa shape index (κ3) is 7.00. The second-order valence-electron chi connectivity index (χ2n) is 3.62. The summed E-state index contributed by atoms with van der Waals surface area (Å²) in [5, 5.41) is 26.8. The van der Waals surface area contributed by atoms with E-state index in [-0.39, 0.29) is 5.78 Å². The highest BCUT2D eigenvalue weighted by Crippen LogP contribution is 2.08. The number of aliphatic hydroxyl groups is 3. The molecule has 84 valence electrons. The number of rotatable bonds is 8. The second kappa shape index (κ2) is 7.91. The molecule has 0 saturated carbocycles. The molecule has 0 aliphatic carbocycles. The Kier molecular flexibility index (Phi) is 7.65. The molecule has 0 radical (unpaired) electrons. The highest BCUT2D eigenvalue weighted by Gasteiger charge is 2.13. The van der Waals surface area contributed by atoms with E-state index in [0.717, 1.165) is 19.3 Å². The summed E-state index contributed by atoms with van der Waals surface area (Å²) in [5.41, 5.74) is 0. The topological polar surface area (TPSA) is 77.8 Å². The van der Waals surface area contributed by atoms with Crippen LogP contribution in [0.25, 0.3) is 0 Å². The first-order chi connectivity index (χ1) is 6.57. The van der Waals surface area contributed by atoms with Gasteiger partial charge in [-0.05, 0) is 19.8 Å². The first kappa shape index (κ1) is 13.5. The number of carbonyl (C=O) groups is 1. The summed E-state index contributed by atoms with van der Waals surface area (Å²) in [7, 11) is 0. The number of hydrogen-bond acceptors (Lipinski definition) is 4. The fourth-order valence-electron chi connectivity index (χ4n) is 1.22. The predicted molar refractivity (Wildman–Crippen MR) is 52.9 cm³/mol. The quantitative estimate of drug-likeness (QED) is 0.495. The molecule has 4 heteroatoms. The molecule has 0 aliphatic rings. The van der Waals surface area contributed by atoms with Crippen LogP contribution in [0.3, 0.4) is 0 Å². The normalized spacial score (nSPS) is 15.1. The van der Waals surface area contributed by atoms with E-state index >= 15 is 0 Å². The van der Waals surface area contributed by atoms with Gasteiger partial charge in [0.25, 0.3) is 0 Å². The fraction of sp³-hybridized carbons (Fsp3) is 0.900. The lowest BCUT2D eigenvalue weighted by Crippen LogP contribution is -2.28. The van der Waals surface area contributed by atoms with Gasteiger partial charge in [-0.25, -0.2) is 0 Å². The average molecular weight is 204 g/mol. The summed E-state index contributed by atoms with van der Waals surface area (Å²) >= 11 is 0. The zero-order chi connectivity index (χ0) is 11.0. The van der Waals surface area contributed by atoms with Crippen molar-refractivity contribution >= 4 is 5.78 Å². The largest absolute Gasteiger partial charge is 0.394 e. The van der Waals surface area contributed by atoms with Crippen molar-refractivity contribution in [3.8, 4) is 0 Å². The highest BCUT2D eigenvalue weighted by molar-refractivity contribution is 5.75. The van der Waals surface area contributed by atoms with Crippen LogP contribution in [0.1, 0.15) is 39.0 Å². The summed E-state index contributed by atoms with van der Waals surface area (Å²) in [6, 6.07) is 0. The van der Waals surface area contributed by atoms with Crippen LogP contribution in [-0.2, 0) is 4.79 Å². The van der Waals surface area contributed by atoms with Crippen LogP contribution in [-0.4, -0.2) is 39.9 Å². The van der Waals surface area contributed by atoms with Gasteiger partial charge >= 0.3 is 0 Å². The molecule has 0 rings (SSSR count). The van der Waals surface area contributed by atoms with Gasteiger partial charge < -0.3 is 20.1 Å². The Labute approximate surface area is 84.6 Å². The lowest BCUT2D eigenvalue weighted by Gasteiger charge is -2.14. The van der Waals surface area contributed by atoms with Gasteiger partial charge in [-0.3, -0.25) is 0 Å². The first-order valence-corrected chi connectivity index (χ1v) is 5.04. The average Bonchev–Trinajstić information content (AvgIpc) is 2.15. The van der Waals surface area contributed by atoms with E-state index in [1.807, 2.05) is 0 Å². The second-order valence-corrected chi connectivity index (χ2v) is 3.62. The van der Waals surface area contributed by atoms with Gasteiger partial charge in [-0.1, -0.05) is 12.8 Å². The van der Waals surface area contributed by atoms with Crippen molar-refractivity contribution in [2.24, 2.45) is 0 Å². The van der Waals surface area contributed by atoms with Gasteiger partial charge in [0, 0.05) is 6.42 Å². The summed E-state index contributed by atoms with van der Waals surface area (Å²) in [6.45, 7) is 1.15. The number of carbonyl (C=O) groups excluding carboxylic acids is 1. The van der Waals surface area contributed by atoms with Crippen LogP contribution in [0.4, 0.5) is 0 Å². The highest BCUT2D eigenvalue weighted by atomic mass is 16.4. The van der Waals surface area contributed by atoms with Crippen molar-refractivity contribution < 1.29 is 20.1 Å². The van der Waals surface area contributed by atoms with Crippen LogP contribution in [0.5, 0.6) is 0 Å². The Morgan fingerprint density at radius 1 is 1.14 bits per heavy atom. The maximum Gasteiger partial charge on any atom is 0.129 e. The number of Topliss-reactive ketones (excluding diaryl/α,β-unsaturated/α-hetero) is 1. The van der Waals surface area contributed by atoms with Crippen LogP contribution in [0, 0.1) is 0 Å². The van der Waals surface area contributed by atoms with E-state index in [2.05, 4.69) is 0 Å². The predicted octanol–water partition coefficient (Wildman–Crippen LogP) is 0.240. The van der Waals surface area contributed by atoms with Crippen LogP contribution >= 0.6 is 0 Å². The van der Waals surface area contributed by atoms with Gasteiger partial charge in [0.1, 0.15) is 11.9 Å². The summed E-state index contributed by atoms with van der Waals surface area (Å²) in [6.07, 6.45) is 1.63. The Morgan fingerprint density at radius 2 is 1.79 bits per heavy atom. The number of aliphatic hydroxyl groups excluding tert-OH is 3. The van der Waals surface area contributed by atoms with Gasteiger partial charge in [0.05, 0.1) is 12.7 Å². The lowest BCUT2D eigenvalue weighted by atomic mass is 10.0. The molecule has 4 nitrogen and oxygen atoms in total. The third-order valence-electron chi connectivity index (χ3n) is 2.16. The van der Waals surface area contributed by atoms with Crippen molar-refractivity contribution in [1.82, 2.24) is 0 Å². The molecule has 2 atom stereocenters. The minimum atomic E-state index is -1.04. The zero-order valence-corrected chi connectivity index (χ0v) is 8.65. The minimum Gasteiger partial charge on any atom is -0.394 e. The summed E-state index contributed by atoms with van der Waals surface area (Å²) in [5.74, 6) is 0.181. The molecular weight excluding hydrogens is 184 g/mol. The molecule has 14 heavy (non-hydrogen) atoms. The van der Waals surface area contributed by atoms with E-state index < -0.39 is 18.8 Å². The number of unbranched alkanes of at least 4 members (excludes halogenated alkanes) is 2. The van der Waals surface area contributed by atoms with Gasteiger partial charge in [-0.15, -0.1) is 0 Å². The zero-order valence-electron chi connectivity index (χ0n) is 8.65. The Balaban J connectivity index is 3.31. The van der Waals surface area contributed by atoms with Gasteiger partial charge in [-0.2, -0.15) is 0 Å². The third-order valence-corrected chi connectivity index (χ3v) is 2.16. The maximum absolute atomic E-state index is 10.6. The Bertz CT molecular complexity index is 158. The SMILES string of the molecule is CC(=O)CCCCCC(O)C(O)CO. The molecule has 3 N–H and O–H groups in total. The maximum atomic E-state index is 10.6. The Hall–Kier alpha value is -0.450. The number of hydrogen-bond donors (Lipinski definition) is 3. The van der Waals surface area contributed by atoms with E-state index in [1.165, 1.54) is 0 Å². The fourth-order valence-corrected chi connectivity index (χ4v) is 1.22. The molecule has 0 fully saturated rings. The van der Waals surface area contributed by atoms with Gasteiger partial charge in [0.2, 0.25) is 0 Å². The van der Waals surface area contributed by atoms with Crippen molar-refractivity contribution in [2.45, 2.75) is 51.2 Å². The van der Waals surface area contributed by atoms with E-state index in [4.69, 9.17) is 10.2 Å². The standard InChI is InChI=1S/C10H20O4/c1-8(12)5-3-2-4-6-9(13)10(14)7-11/h9-11,13-14H,2-7H2,1H3. The van der Waals surface area contributed by atoms with Crippen molar-refractivity contribution in [3.05, 3.63) is 0 Å². The van der Waals surface area contributed by atoms with Crippen LogP contribution in [0.2, 0.25) is 0 Å². The smallest absolute Gasteiger partial charge is 0.129 e. The molecule has 0 heterocycles. The molecule has 0 amide bonds. The van der Waals surface area contributed by atoms with Crippen molar-refractivity contribution in [2.75, 3.05) is 6.61 Å². The molecule has 0 aromatic heterocycles. The van der Waals surface area contributed by atoms with Crippen LogP contribution < -0.4 is 0 Å². The number of ketones is 1. The van der Waals surface area contributed by atoms with E-state index in [9.17, 15) is 9.90 Å². The minimum absolute atomic E-state index is 0.181. The van der Waals surface area contributed by atoms with Crippen molar-refractivity contribution in [3.63, 3.8) is 0 Å². The van der Waals surface area contributed by atoms with Crippen LogP contribution in [0.15, 0.2) is 0 Å². The van der Waals surface area contributed by atoms with Gasteiger partial charge in [0.15, 0.2) is 0 Å². The lowest BCUT2D eigenvalue weighted by molar-refractivity contribution is -0.117. The summed E-state index contributed by atoms with van der Waals surface area (Å²) < 4.78 is 0. The van der Waals surface area contributed by atoms with Crippen molar-refractivity contribution in [1.29, 1.82) is 0 Å². The first-order valence-electron chi connectivity index (χ1n) is 5.04. The van der Waals surface area contributed by atoms with E-state index in [0.29, 0.717) is 12.8 Å². The molecule has 0 aromatic carbocycles. The molecule has 2 unspecified atom stereocenters. The monoisotopic (exact) mass is 204 g/mol. The molecule has 0 bridgehead atoms. The molecule has 0 aromatic rings. The molecule has 0 aliphatic heterocycles. The van der Waals surface area contributed by atoms with E-state index in [1.54, 1.807) is 6.92 Å².